The van der Waals surface area contributed by atoms with Gasteiger partial charge in [-0.15, -0.1) is 0 Å². The normalized spacial score (nSPS) is 11.7. The third-order valence-corrected chi connectivity index (χ3v) is 6.20. The van der Waals surface area contributed by atoms with Gasteiger partial charge >= 0.3 is 5.97 Å². The molecule has 0 bridgehead atoms. The first kappa shape index (κ1) is 26.6. The van der Waals surface area contributed by atoms with E-state index in [0.717, 1.165) is 5.01 Å². The minimum absolute atomic E-state index is 0.0449. The Balaban J connectivity index is 1.58. The number of halogens is 1. The number of hydrazine groups is 1. The summed E-state index contributed by atoms with van der Waals surface area (Å²) in [5.74, 6) is -2.88. The highest BCUT2D eigenvalue weighted by Gasteiger charge is 2.33. The van der Waals surface area contributed by atoms with Crippen molar-refractivity contribution in [2.45, 2.75) is 32.7 Å². The number of nitrogens with one attached hydrogen (secondary N) is 1. The molecule has 2 N–H and O–H groups in total. The van der Waals surface area contributed by atoms with E-state index in [1.54, 1.807) is 50.2 Å². The van der Waals surface area contributed by atoms with E-state index in [2.05, 4.69) is 10.4 Å². The Morgan fingerprint density at radius 3 is 2.37 bits per heavy atom. The summed E-state index contributed by atoms with van der Waals surface area (Å²) >= 11 is 6.06. The lowest BCUT2D eigenvalue weighted by molar-refractivity contribution is -0.135. The highest BCUT2D eigenvalue weighted by Crippen LogP contribution is 2.28. The van der Waals surface area contributed by atoms with Crippen LogP contribution in [-0.4, -0.2) is 44.7 Å². The standard InChI is InChI=1S/C28H24ClN3O6/c1-3-22(25(34)27-30-21-7-5-6-8-23(21)38-27)32(24(33)4-2)31-26(35)17-11-9-16(10-12-17)20-15-18(29)13-14-19(20)28(36)37/h5-15,22H,3-4H2,1-2H3,(H,31,35)(H,36,37)/t22-/m0/s1. The summed E-state index contributed by atoms with van der Waals surface area (Å²) < 4.78 is 5.59. The van der Waals surface area contributed by atoms with Crippen molar-refractivity contribution < 1.29 is 28.7 Å². The second-order valence-electron chi connectivity index (χ2n) is 8.41. The third kappa shape index (κ3) is 5.42. The predicted molar refractivity (Wildman–Crippen MR) is 141 cm³/mol. The van der Waals surface area contributed by atoms with Crippen LogP contribution >= 0.6 is 11.6 Å². The van der Waals surface area contributed by atoms with Crippen molar-refractivity contribution in [1.29, 1.82) is 0 Å². The van der Waals surface area contributed by atoms with Crippen LogP contribution in [0.4, 0.5) is 0 Å². The van der Waals surface area contributed by atoms with E-state index in [9.17, 15) is 24.3 Å². The molecule has 0 fully saturated rings. The van der Waals surface area contributed by atoms with Crippen LogP contribution in [0.2, 0.25) is 5.02 Å². The van der Waals surface area contributed by atoms with E-state index in [-0.39, 0.29) is 29.9 Å². The van der Waals surface area contributed by atoms with Crippen LogP contribution in [0.1, 0.15) is 58.1 Å². The molecule has 0 radical (unpaired) electrons. The summed E-state index contributed by atoms with van der Waals surface area (Å²) in [5.41, 5.74) is 4.71. The SMILES string of the molecule is CCC(=O)N(NC(=O)c1ccc(-c2cc(Cl)ccc2C(=O)O)cc1)[C@@H](CC)C(=O)c1nc2ccccc2o1. The number of aromatic carboxylic acids is 1. The van der Waals surface area contributed by atoms with E-state index in [1.165, 1.54) is 30.3 Å². The number of fused-ring (bicyclic) bond motifs is 1. The van der Waals surface area contributed by atoms with Crippen molar-refractivity contribution in [3.8, 4) is 11.1 Å². The number of hydrogen-bond acceptors (Lipinski definition) is 6. The van der Waals surface area contributed by atoms with Gasteiger partial charge in [0.1, 0.15) is 11.6 Å². The van der Waals surface area contributed by atoms with Gasteiger partial charge in [0.2, 0.25) is 11.7 Å². The highest BCUT2D eigenvalue weighted by atomic mass is 35.5. The fourth-order valence-electron chi connectivity index (χ4n) is 4.01. The van der Waals surface area contributed by atoms with Crippen LogP contribution in [0.25, 0.3) is 22.2 Å². The first-order valence-corrected chi connectivity index (χ1v) is 12.3. The van der Waals surface area contributed by atoms with Crippen molar-refractivity contribution in [1.82, 2.24) is 15.4 Å². The van der Waals surface area contributed by atoms with Crippen LogP contribution in [0.5, 0.6) is 0 Å². The molecule has 1 heterocycles. The summed E-state index contributed by atoms with van der Waals surface area (Å²) in [4.78, 5) is 55.0. The maximum atomic E-state index is 13.3. The number of carboxylic acids is 1. The first-order chi connectivity index (χ1) is 18.2. The van der Waals surface area contributed by atoms with Crippen molar-refractivity contribution >= 4 is 46.3 Å². The van der Waals surface area contributed by atoms with Crippen LogP contribution in [-0.2, 0) is 4.79 Å². The molecule has 194 valence electrons. The van der Waals surface area contributed by atoms with E-state index in [4.69, 9.17) is 16.0 Å². The molecule has 9 nitrogen and oxygen atoms in total. The van der Waals surface area contributed by atoms with Crippen molar-refractivity contribution in [2.24, 2.45) is 0 Å². The Morgan fingerprint density at radius 2 is 1.74 bits per heavy atom. The lowest BCUT2D eigenvalue weighted by atomic mass is 9.98. The van der Waals surface area contributed by atoms with Crippen LogP contribution < -0.4 is 5.43 Å². The number of ketones is 1. The monoisotopic (exact) mass is 533 g/mol. The second-order valence-corrected chi connectivity index (χ2v) is 8.84. The predicted octanol–water partition coefficient (Wildman–Crippen LogP) is 5.39. The summed E-state index contributed by atoms with van der Waals surface area (Å²) in [6.07, 6.45) is 0.249. The molecule has 0 saturated heterocycles. The molecule has 0 unspecified atom stereocenters. The summed E-state index contributed by atoms with van der Waals surface area (Å²) in [5, 5.41) is 10.9. The minimum atomic E-state index is -1.11. The van der Waals surface area contributed by atoms with Gasteiger partial charge < -0.3 is 9.52 Å². The lowest BCUT2D eigenvalue weighted by Crippen LogP contribution is -2.54. The molecular weight excluding hydrogens is 510 g/mol. The molecule has 1 atom stereocenters. The van der Waals surface area contributed by atoms with Gasteiger partial charge in [0, 0.05) is 17.0 Å². The van der Waals surface area contributed by atoms with Gasteiger partial charge in [-0.3, -0.25) is 19.8 Å². The number of para-hydroxylation sites is 2. The van der Waals surface area contributed by atoms with Gasteiger partial charge in [-0.1, -0.05) is 49.7 Å². The molecule has 4 aromatic rings. The summed E-state index contributed by atoms with van der Waals surface area (Å²) in [6, 6.07) is 16.5. The fourth-order valence-corrected chi connectivity index (χ4v) is 4.18. The average Bonchev–Trinajstić information content (AvgIpc) is 3.36. The number of nitrogens with zero attached hydrogens (tertiary/aromatic N) is 2. The summed E-state index contributed by atoms with van der Waals surface area (Å²) in [6.45, 7) is 3.34. The molecule has 1 aromatic heterocycles. The van der Waals surface area contributed by atoms with Crippen LogP contribution in [0.15, 0.2) is 71.1 Å². The Hall–Kier alpha value is -4.50. The van der Waals surface area contributed by atoms with Gasteiger partial charge in [-0.2, -0.15) is 0 Å². The van der Waals surface area contributed by atoms with E-state index in [0.29, 0.717) is 27.2 Å². The topological polar surface area (TPSA) is 130 Å². The smallest absolute Gasteiger partial charge is 0.336 e. The van der Waals surface area contributed by atoms with E-state index >= 15 is 0 Å². The number of hydrogen-bond donors (Lipinski definition) is 2. The zero-order valence-corrected chi connectivity index (χ0v) is 21.4. The Bertz CT molecular complexity index is 1500. The van der Waals surface area contributed by atoms with Gasteiger partial charge in [0.05, 0.1) is 5.56 Å². The van der Waals surface area contributed by atoms with Crippen LogP contribution in [0, 0.1) is 0 Å². The molecular formula is C28H24ClN3O6. The molecule has 0 aliphatic rings. The maximum absolute atomic E-state index is 13.3. The zero-order chi connectivity index (χ0) is 27.4. The Labute approximate surface area is 223 Å². The number of carbonyl (C=O) groups is 4. The van der Waals surface area contributed by atoms with Gasteiger partial charge in [-0.25, -0.2) is 14.8 Å². The number of Topliss-reactive ketones (excluding diaryl/α,β-unsaturated/α-hetero) is 1. The molecule has 0 aliphatic carbocycles. The van der Waals surface area contributed by atoms with E-state index < -0.39 is 29.6 Å². The lowest BCUT2D eigenvalue weighted by Gasteiger charge is -2.29. The number of benzene rings is 3. The largest absolute Gasteiger partial charge is 0.478 e. The van der Waals surface area contributed by atoms with Crippen molar-refractivity contribution in [3.05, 3.63) is 88.8 Å². The molecule has 2 amide bonds. The highest BCUT2D eigenvalue weighted by molar-refractivity contribution is 6.31. The average molecular weight is 534 g/mol. The summed E-state index contributed by atoms with van der Waals surface area (Å²) in [7, 11) is 0. The zero-order valence-electron chi connectivity index (χ0n) is 20.6. The van der Waals surface area contributed by atoms with Gasteiger partial charge in [0.15, 0.2) is 5.58 Å². The molecule has 0 saturated carbocycles. The van der Waals surface area contributed by atoms with Crippen LogP contribution in [0.3, 0.4) is 0 Å². The Morgan fingerprint density at radius 1 is 1.03 bits per heavy atom. The molecule has 4 rings (SSSR count). The third-order valence-electron chi connectivity index (χ3n) is 5.97. The van der Waals surface area contributed by atoms with Gasteiger partial charge in [-0.05, 0) is 60.0 Å². The fraction of sp³-hybridized carbons (Fsp3) is 0.179. The number of oxazole rings is 1. The number of carboxylic acid groups (broad SMARTS) is 1. The molecule has 0 aliphatic heterocycles. The molecule has 0 spiro atoms. The van der Waals surface area contributed by atoms with Gasteiger partial charge in [0.25, 0.3) is 11.8 Å². The quantitative estimate of drug-likeness (QED) is 0.229. The maximum Gasteiger partial charge on any atom is 0.336 e. The second kappa shape index (κ2) is 11.3. The number of amides is 2. The van der Waals surface area contributed by atoms with Crippen molar-refractivity contribution in [3.63, 3.8) is 0 Å². The minimum Gasteiger partial charge on any atom is -0.478 e. The number of carbonyl (C=O) groups excluding carboxylic acids is 3. The molecule has 3 aromatic carbocycles. The van der Waals surface area contributed by atoms with Crippen molar-refractivity contribution in [2.75, 3.05) is 0 Å². The molecule has 10 heteroatoms. The molecule has 38 heavy (non-hydrogen) atoms. The number of aromatic nitrogens is 1. The Kier molecular flexibility index (Phi) is 7.87. The number of rotatable bonds is 8. The first-order valence-electron chi connectivity index (χ1n) is 11.9. The van der Waals surface area contributed by atoms with E-state index in [1.807, 2.05) is 0 Å².